The fourth-order valence-corrected chi connectivity index (χ4v) is 4.06. The first-order valence-corrected chi connectivity index (χ1v) is 10.8. The van der Waals surface area contributed by atoms with E-state index in [0.29, 0.717) is 48.2 Å². The topological polar surface area (TPSA) is 85.8 Å². The Balaban J connectivity index is 1.55. The van der Waals surface area contributed by atoms with Crippen LogP contribution in [0.1, 0.15) is 36.2 Å². The number of carbonyl (C=O) groups is 1. The van der Waals surface area contributed by atoms with Crippen molar-refractivity contribution in [3.63, 3.8) is 0 Å². The van der Waals surface area contributed by atoms with Crippen LogP contribution >= 0.6 is 23.2 Å². The minimum absolute atomic E-state index is 0.115. The Kier molecular flexibility index (Phi) is 6.72. The minimum atomic E-state index is -0.819. The molecule has 0 saturated carbocycles. The van der Waals surface area contributed by atoms with Gasteiger partial charge in [-0.05, 0) is 59.5 Å². The lowest BCUT2D eigenvalue weighted by Gasteiger charge is -2.08. The van der Waals surface area contributed by atoms with Crippen LogP contribution in [0.25, 0.3) is 10.9 Å². The molecule has 2 heterocycles. The molecule has 0 aliphatic rings. The van der Waals surface area contributed by atoms with Crippen LogP contribution in [0.2, 0.25) is 10.0 Å². The first kappa shape index (κ1) is 22.2. The summed E-state index contributed by atoms with van der Waals surface area (Å²) in [6, 6.07) is 10.0. The molecule has 0 radical (unpaired) electrons. The minimum Gasteiger partial charge on any atom is -0.481 e. The fraction of sp³-hybridized carbons (Fsp3) is 0.273. The molecule has 0 saturated heterocycles. The molecule has 1 N–H and O–H groups in total. The van der Waals surface area contributed by atoms with Gasteiger partial charge in [0.25, 0.3) is 0 Å². The van der Waals surface area contributed by atoms with Crippen molar-refractivity contribution >= 4 is 40.1 Å². The van der Waals surface area contributed by atoms with E-state index >= 15 is 0 Å². The van der Waals surface area contributed by atoms with Gasteiger partial charge in [0.15, 0.2) is 5.82 Å². The number of rotatable bonds is 9. The standard InChI is InChI=1S/C22H20Cl2FN5O2/c23-16-5-4-14(19(24)10-16)12-29-13-15(18-11-17(25)6-7-20(18)29)9-21-26-28-30(27-21)8-2-1-3-22(31)32/h4-7,10-11,13H,1-3,8-9,12H2,(H,31,32). The number of carboxylic acid groups (broad SMARTS) is 1. The van der Waals surface area contributed by atoms with Gasteiger partial charge in [-0.15, -0.1) is 10.2 Å². The zero-order valence-corrected chi connectivity index (χ0v) is 18.5. The zero-order chi connectivity index (χ0) is 22.7. The number of hydrogen-bond acceptors (Lipinski definition) is 4. The summed E-state index contributed by atoms with van der Waals surface area (Å²) in [5.41, 5.74) is 2.64. The van der Waals surface area contributed by atoms with Crippen molar-refractivity contribution in [3.8, 4) is 0 Å². The molecule has 0 bridgehead atoms. The predicted molar refractivity (Wildman–Crippen MR) is 120 cm³/mol. The zero-order valence-electron chi connectivity index (χ0n) is 17.0. The molecule has 2 aromatic carbocycles. The van der Waals surface area contributed by atoms with Gasteiger partial charge >= 0.3 is 5.97 Å². The van der Waals surface area contributed by atoms with Crippen molar-refractivity contribution in [1.82, 2.24) is 24.8 Å². The van der Waals surface area contributed by atoms with Gasteiger partial charge in [0.1, 0.15) is 5.82 Å². The van der Waals surface area contributed by atoms with E-state index in [9.17, 15) is 9.18 Å². The summed E-state index contributed by atoms with van der Waals surface area (Å²) in [6.07, 6.45) is 3.64. The van der Waals surface area contributed by atoms with Crippen molar-refractivity contribution in [1.29, 1.82) is 0 Å². The molecule has 32 heavy (non-hydrogen) atoms. The number of benzene rings is 2. The van der Waals surface area contributed by atoms with Gasteiger partial charge in [0.05, 0.1) is 6.54 Å². The van der Waals surface area contributed by atoms with Gasteiger partial charge < -0.3 is 9.67 Å². The SMILES string of the molecule is O=C(O)CCCCn1nnc(Cc2cn(Cc3ccc(Cl)cc3Cl)c3ccc(F)cc23)n1. The molecule has 7 nitrogen and oxygen atoms in total. The first-order chi connectivity index (χ1) is 15.4. The number of hydrogen-bond donors (Lipinski definition) is 1. The summed E-state index contributed by atoms with van der Waals surface area (Å²) < 4.78 is 16.0. The molecule has 2 aromatic heterocycles. The van der Waals surface area contributed by atoms with Crippen LogP contribution in [0.3, 0.4) is 0 Å². The van der Waals surface area contributed by atoms with Crippen molar-refractivity contribution in [2.45, 2.75) is 38.8 Å². The Morgan fingerprint density at radius 3 is 2.72 bits per heavy atom. The average Bonchev–Trinajstić information content (AvgIpc) is 3.32. The molecular weight excluding hydrogens is 456 g/mol. The smallest absolute Gasteiger partial charge is 0.303 e. The first-order valence-electron chi connectivity index (χ1n) is 10.1. The van der Waals surface area contributed by atoms with Crippen LogP contribution in [0, 0.1) is 5.82 Å². The second-order valence-corrected chi connectivity index (χ2v) is 8.35. The van der Waals surface area contributed by atoms with E-state index in [1.807, 2.05) is 16.8 Å². The number of nitrogens with zero attached hydrogens (tertiary/aromatic N) is 5. The van der Waals surface area contributed by atoms with Gasteiger partial charge in [-0.1, -0.05) is 29.3 Å². The van der Waals surface area contributed by atoms with E-state index in [2.05, 4.69) is 15.4 Å². The Morgan fingerprint density at radius 2 is 1.94 bits per heavy atom. The monoisotopic (exact) mass is 475 g/mol. The quantitative estimate of drug-likeness (QED) is 0.345. The van der Waals surface area contributed by atoms with E-state index in [4.69, 9.17) is 28.3 Å². The molecule has 166 valence electrons. The molecule has 0 fully saturated rings. The summed E-state index contributed by atoms with van der Waals surface area (Å²) in [7, 11) is 0. The second-order valence-electron chi connectivity index (χ2n) is 7.51. The summed E-state index contributed by atoms with van der Waals surface area (Å²) in [5.74, 6) is -0.632. The van der Waals surface area contributed by atoms with Gasteiger partial charge in [-0.25, -0.2) is 4.39 Å². The second kappa shape index (κ2) is 9.67. The van der Waals surface area contributed by atoms with E-state index < -0.39 is 5.97 Å². The van der Waals surface area contributed by atoms with Crippen molar-refractivity contribution in [3.05, 3.63) is 75.4 Å². The number of carboxylic acids is 1. The van der Waals surface area contributed by atoms with Crippen LogP contribution in [-0.2, 0) is 24.3 Å². The lowest BCUT2D eigenvalue weighted by molar-refractivity contribution is -0.137. The molecule has 0 aliphatic carbocycles. The van der Waals surface area contributed by atoms with Crippen LogP contribution < -0.4 is 0 Å². The van der Waals surface area contributed by atoms with Gasteiger partial charge in [-0.2, -0.15) is 4.80 Å². The van der Waals surface area contributed by atoms with E-state index in [-0.39, 0.29) is 12.2 Å². The number of aromatic nitrogens is 5. The molecule has 0 spiro atoms. The average molecular weight is 476 g/mol. The maximum absolute atomic E-state index is 14.0. The molecule has 4 aromatic rings. The van der Waals surface area contributed by atoms with Crippen LogP contribution in [0.15, 0.2) is 42.6 Å². The largest absolute Gasteiger partial charge is 0.481 e. The Bertz CT molecular complexity index is 1270. The number of unbranched alkanes of at least 4 members (excludes halogenated alkanes) is 1. The summed E-state index contributed by atoms with van der Waals surface area (Å²) in [4.78, 5) is 12.1. The predicted octanol–water partition coefficient (Wildman–Crippen LogP) is 4.97. The van der Waals surface area contributed by atoms with Gasteiger partial charge in [0, 0.05) is 46.5 Å². The Labute approximate surface area is 193 Å². The highest BCUT2D eigenvalue weighted by molar-refractivity contribution is 6.35. The number of tetrazole rings is 1. The normalized spacial score (nSPS) is 11.3. The van der Waals surface area contributed by atoms with Crippen molar-refractivity contribution in [2.24, 2.45) is 0 Å². The summed E-state index contributed by atoms with van der Waals surface area (Å²) in [6.45, 7) is 0.994. The van der Waals surface area contributed by atoms with Crippen molar-refractivity contribution in [2.75, 3.05) is 0 Å². The lowest BCUT2D eigenvalue weighted by Crippen LogP contribution is -2.04. The van der Waals surface area contributed by atoms with E-state index in [1.165, 1.54) is 16.9 Å². The molecule has 0 amide bonds. The molecule has 4 rings (SSSR count). The highest BCUT2D eigenvalue weighted by Crippen LogP contribution is 2.27. The van der Waals surface area contributed by atoms with E-state index in [0.717, 1.165) is 22.0 Å². The molecule has 0 atom stereocenters. The third kappa shape index (κ3) is 5.26. The summed E-state index contributed by atoms with van der Waals surface area (Å²) in [5, 5.41) is 23.1. The highest BCUT2D eigenvalue weighted by Gasteiger charge is 2.14. The molecular formula is C22H20Cl2FN5O2. The third-order valence-electron chi connectivity index (χ3n) is 5.12. The Morgan fingerprint density at radius 1 is 1.09 bits per heavy atom. The van der Waals surface area contributed by atoms with Crippen LogP contribution in [0.4, 0.5) is 4.39 Å². The maximum atomic E-state index is 14.0. The lowest BCUT2D eigenvalue weighted by atomic mass is 10.1. The number of aryl methyl sites for hydroxylation is 1. The van der Waals surface area contributed by atoms with Crippen molar-refractivity contribution < 1.29 is 14.3 Å². The molecule has 0 unspecified atom stereocenters. The van der Waals surface area contributed by atoms with Gasteiger partial charge in [0.2, 0.25) is 0 Å². The van der Waals surface area contributed by atoms with Crippen LogP contribution in [0.5, 0.6) is 0 Å². The number of halogens is 3. The van der Waals surface area contributed by atoms with E-state index in [1.54, 1.807) is 18.2 Å². The number of fused-ring (bicyclic) bond motifs is 1. The van der Waals surface area contributed by atoms with Gasteiger partial charge in [-0.3, -0.25) is 4.79 Å². The fourth-order valence-electron chi connectivity index (χ4n) is 3.59. The van der Waals surface area contributed by atoms with Crippen LogP contribution in [-0.4, -0.2) is 35.9 Å². The summed E-state index contributed by atoms with van der Waals surface area (Å²) >= 11 is 12.3. The number of aliphatic carboxylic acids is 1. The molecule has 0 aliphatic heterocycles. The third-order valence-corrected chi connectivity index (χ3v) is 5.71. The highest BCUT2D eigenvalue weighted by atomic mass is 35.5. The maximum Gasteiger partial charge on any atom is 0.303 e. The molecule has 10 heteroatoms. The Hall–Kier alpha value is -2.97.